The number of hydrogen-bond acceptors (Lipinski definition) is 5. The number of nitrogens with zero attached hydrogens (tertiary/aromatic N) is 2. The van der Waals surface area contributed by atoms with E-state index in [1.54, 1.807) is 0 Å². The van der Waals surface area contributed by atoms with Crippen molar-refractivity contribution in [3.63, 3.8) is 0 Å². The highest BCUT2D eigenvalue weighted by atomic mass is 16.5. The van der Waals surface area contributed by atoms with Gasteiger partial charge in [0, 0.05) is 12.3 Å². The molecule has 1 aromatic carbocycles. The van der Waals surface area contributed by atoms with Gasteiger partial charge >= 0.3 is 0 Å². The molecule has 0 radical (unpaired) electrons. The van der Waals surface area contributed by atoms with Crippen molar-refractivity contribution in [1.29, 1.82) is 0 Å². The molecule has 2 aromatic rings. The average Bonchev–Trinajstić information content (AvgIpc) is 3.09. The van der Waals surface area contributed by atoms with Crippen molar-refractivity contribution in [3.05, 3.63) is 41.5 Å². The topological polar surface area (TPSA) is 60.2 Å². The van der Waals surface area contributed by atoms with Crippen molar-refractivity contribution in [2.24, 2.45) is 0 Å². The van der Waals surface area contributed by atoms with Gasteiger partial charge in [-0.05, 0) is 31.9 Å². The van der Waals surface area contributed by atoms with Gasteiger partial charge in [-0.15, -0.1) is 0 Å². The molecule has 1 saturated heterocycles. The van der Waals surface area contributed by atoms with Crippen LogP contribution in [0.2, 0.25) is 0 Å². The molecule has 0 bridgehead atoms. The van der Waals surface area contributed by atoms with Crippen molar-refractivity contribution in [3.8, 4) is 0 Å². The van der Waals surface area contributed by atoms with Gasteiger partial charge < -0.3 is 14.6 Å². The maximum absolute atomic E-state index is 5.52. The van der Waals surface area contributed by atoms with Gasteiger partial charge in [0.25, 0.3) is 0 Å². The normalized spacial score (nSPS) is 18.7. The molecule has 0 saturated carbocycles. The molecule has 1 aliphatic heterocycles. The van der Waals surface area contributed by atoms with Crippen LogP contribution in [0.4, 0.5) is 5.69 Å². The molecular formula is C14H17N3O2. The van der Waals surface area contributed by atoms with Gasteiger partial charge in [-0.3, -0.25) is 0 Å². The molecule has 5 nitrogen and oxygen atoms in total. The molecule has 100 valence electrons. The number of benzene rings is 1. The molecule has 1 atom stereocenters. The fraction of sp³-hybridized carbons (Fsp3) is 0.429. The summed E-state index contributed by atoms with van der Waals surface area (Å²) in [5, 5.41) is 7.23. The third kappa shape index (κ3) is 2.93. The molecule has 0 aliphatic carbocycles. The van der Waals surface area contributed by atoms with E-state index in [1.807, 2.05) is 12.1 Å². The second-order valence-corrected chi connectivity index (χ2v) is 4.77. The monoisotopic (exact) mass is 259 g/mol. The molecule has 0 spiro atoms. The fourth-order valence-corrected chi connectivity index (χ4v) is 2.10. The highest BCUT2D eigenvalue weighted by Gasteiger charge is 2.22. The van der Waals surface area contributed by atoms with Gasteiger partial charge in [0.15, 0.2) is 0 Å². The first-order chi connectivity index (χ1) is 9.31. The number of aryl methyl sites for hydroxylation is 1. The van der Waals surface area contributed by atoms with Crippen LogP contribution in [0.1, 0.15) is 36.2 Å². The number of nitrogens with one attached hydrogen (secondary N) is 1. The first-order valence-electron chi connectivity index (χ1n) is 6.56. The van der Waals surface area contributed by atoms with E-state index in [0.717, 1.165) is 25.1 Å². The Kier molecular flexibility index (Phi) is 3.46. The molecule has 1 unspecified atom stereocenters. The van der Waals surface area contributed by atoms with Crippen LogP contribution >= 0.6 is 0 Å². The lowest BCUT2D eigenvalue weighted by molar-refractivity contribution is 0.103. The number of aromatic nitrogens is 2. The van der Waals surface area contributed by atoms with Crippen LogP contribution in [0.25, 0.3) is 0 Å². The molecule has 19 heavy (non-hydrogen) atoms. The largest absolute Gasteiger partial charge is 0.376 e. The lowest BCUT2D eigenvalue weighted by Gasteiger charge is -2.03. The van der Waals surface area contributed by atoms with Gasteiger partial charge in [-0.25, -0.2) is 0 Å². The summed E-state index contributed by atoms with van der Waals surface area (Å²) in [7, 11) is 0. The summed E-state index contributed by atoms with van der Waals surface area (Å²) in [6.45, 7) is 3.38. The molecule has 5 heteroatoms. The van der Waals surface area contributed by atoms with E-state index >= 15 is 0 Å². The number of hydrogen-bond donors (Lipinski definition) is 1. The Balaban J connectivity index is 1.59. The molecular weight excluding hydrogens is 242 g/mol. The summed E-state index contributed by atoms with van der Waals surface area (Å²) in [5.74, 6) is 1.25. The van der Waals surface area contributed by atoms with E-state index in [2.05, 4.69) is 34.5 Å². The van der Waals surface area contributed by atoms with Crippen LogP contribution in [0.3, 0.4) is 0 Å². The number of anilines is 1. The predicted molar refractivity (Wildman–Crippen MR) is 70.7 cm³/mol. The van der Waals surface area contributed by atoms with Gasteiger partial charge in [-0.2, -0.15) is 4.98 Å². The molecule has 1 fully saturated rings. The van der Waals surface area contributed by atoms with Gasteiger partial charge in [-0.1, -0.05) is 22.9 Å². The van der Waals surface area contributed by atoms with E-state index in [-0.39, 0.29) is 6.10 Å². The highest BCUT2D eigenvalue weighted by molar-refractivity contribution is 5.44. The van der Waals surface area contributed by atoms with Crippen LogP contribution in [0.5, 0.6) is 0 Å². The van der Waals surface area contributed by atoms with Crippen LogP contribution in [0, 0.1) is 6.92 Å². The maximum Gasteiger partial charge on any atom is 0.246 e. The Morgan fingerprint density at radius 3 is 2.89 bits per heavy atom. The van der Waals surface area contributed by atoms with Gasteiger partial charge in [0.1, 0.15) is 6.10 Å². The molecule has 1 aromatic heterocycles. The Hall–Kier alpha value is -1.88. The zero-order valence-corrected chi connectivity index (χ0v) is 10.9. The summed E-state index contributed by atoms with van der Waals surface area (Å²) in [6.07, 6.45) is 2.05. The lowest BCUT2D eigenvalue weighted by atomic mass is 10.2. The van der Waals surface area contributed by atoms with Crippen molar-refractivity contribution in [2.45, 2.75) is 32.4 Å². The van der Waals surface area contributed by atoms with Crippen LogP contribution < -0.4 is 5.32 Å². The van der Waals surface area contributed by atoms with Gasteiger partial charge in [0.2, 0.25) is 11.7 Å². The van der Waals surface area contributed by atoms with Crippen molar-refractivity contribution >= 4 is 5.69 Å². The molecule has 0 amide bonds. The Morgan fingerprint density at radius 2 is 2.16 bits per heavy atom. The van der Waals surface area contributed by atoms with E-state index in [9.17, 15) is 0 Å². The SMILES string of the molecule is Cc1ccc(NCc2nc(C3CCCO3)no2)cc1. The third-order valence-electron chi connectivity index (χ3n) is 3.20. The van der Waals surface area contributed by atoms with E-state index in [0.29, 0.717) is 18.3 Å². The number of rotatable bonds is 4. The first-order valence-corrected chi connectivity index (χ1v) is 6.56. The summed E-state index contributed by atoms with van der Waals surface area (Å²) >= 11 is 0. The molecule has 1 aliphatic rings. The van der Waals surface area contributed by atoms with E-state index in [4.69, 9.17) is 9.26 Å². The van der Waals surface area contributed by atoms with E-state index in [1.165, 1.54) is 5.56 Å². The van der Waals surface area contributed by atoms with Gasteiger partial charge in [0.05, 0.1) is 6.54 Å². The minimum absolute atomic E-state index is 0.0110. The second-order valence-electron chi connectivity index (χ2n) is 4.77. The molecule has 2 heterocycles. The predicted octanol–water partition coefficient (Wildman–Crippen LogP) is 2.84. The summed E-state index contributed by atoms with van der Waals surface area (Å²) in [6, 6.07) is 8.20. The minimum Gasteiger partial charge on any atom is -0.376 e. The minimum atomic E-state index is 0.0110. The maximum atomic E-state index is 5.52. The van der Waals surface area contributed by atoms with E-state index < -0.39 is 0 Å². The van der Waals surface area contributed by atoms with Crippen LogP contribution in [-0.4, -0.2) is 16.7 Å². The quantitative estimate of drug-likeness (QED) is 0.914. The zero-order valence-electron chi connectivity index (χ0n) is 10.9. The van der Waals surface area contributed by atoms with Crippen LogP contribution in [0.15, 0.2) is 28.8 Å². The zero-order chi connectivity index (χ0) is 13.1. The van der Waals surface area contributed by atoms with Crippen molar-refractivity contribution in [1.82, 2.24) is 10.1 Å². The van der Waals surface area contributed by atoms with Crippen LogP contribution in [-0.2, 0) is 11.3 Å². The third-order valence-corrected chi connectivity index (χ3v) is 3.20. The van der Waals surface area contributed by atoms with Crippen molar-refractivity contribution in [2.75, 3.05) is 11.9 Å². The standard InChI is InChI=1S/C14H17N3O2/c1-10-4-6-11(7-5-10)15-9-13-16-14(17-19-13)12-3-2-8-18-12/h4-7,12,15H,2-3,8-9H2,1H3. The average molecular weight is 259 g/mol. The Bertz CT molecular complexity index is 530. The lowest BCUT2D eigenvalue weighted by Crippen LogP contribution is -2.01. The number of ether oxygens (including phenoxy) is 1. The Labute approximate surface area is 112 Å². The summed E-state index contributed by atoms with van der Waals surface area (Å²) < 4.78 is 10.7. The summed E-state index contributed by atoms with van der Waals surface area (Å²) in [5.41, 5.74) is 2.28. The first kappa shape index (κ1) is 12.2. The second kappa shape index (κ2) is 5.40. The smallest absolute Gasteiger partial charge is 0.246 e. The molecule has 1 N–H and O–H groups in total. The van der Waals surface area contributed by atoms with Crippen molar-refractivity contribution < 1.29 is 9.26 Å². The highest BCUT2D eigenvalue weighted by Crippen LogP contribution is 2.26. The fourth-order valence-electron chi connectivity index (χ4n) is 2.10. The Morgan fingerprint density at radius 1 is 1.32 bits per heavy atom. The molecule has 3 rings (SSSR count). The summed E-state index contributed by atoms with van der Waals surface area (Å²) in [4.78, 5) is 4.36.